The molecule has 0 heterocycles. The van der Waals surface area contributed by atoms with Gasteiger partial charge in [-0.25, -0.2) is 19.2 Å². The molecule has 0 unspecified atom stereocenters. The molecule has 0 aliphatic carbocycles. The van der Waals surface area contributed by atoms with E-state index in [0.717, 1.165) is 0 Å². The fourth-order valence-corrected chi connectivity index (χ4v) is 3.99. The first kappa shape index (κ1) is 20.5. The van der Waals surface area contributed by atoms with Crippen molar-refractivity contribution in [3.63, 3.8) is 0 Å². The van der Waals surface area contributed by atoms with Crippen molar-refractivity contribution in [2.45, 2.75) is 0 Å². The van der Waals surface area contributed by atoms with Crippen molar-refractivity contribution < 1.29 is 39.6 Å². The molecule has 0 radical (unpaired) electrons. The summed E-state index contributed by atoms with van der Waals surface area (Å²) >= 11 is 0. The standard InChI is InChI=1S/C24H14O8/c25-21(26)17-9-15(11-5-1-3-7-13(11)19(17)23(29)30)16-10-18(22(27)28)20(24(31)32)14-8-4-2-6-12(14)16/h1-10H,(H,25,26)(H,27,28)(H,29,30)(H,31,32). The van der Waals surface area contributed by atoms with Crippen molar-refractivity contribution >= 4 is 45.4 Å². The summed E-state index contributed by atoms with van der Waals surface area (Å²) < 4.78 is 0. The molecule has 4 N–H and O–H groups in total. The van der Waals surface area contributed by atoms with Crippen molar-refractivity contribution in [1.82, 2.24) is 0 Å². The van der Waals surface area contributed by atoms with Crippen LogP contribution in [-0.4, -0.2) is 44.3 Å². The maximum Gasteiger partial charge on any atom is 0.337 e. The Hall–Kier alpha value is -4.72. The minimum atomic E-state index is -1.46. The highest BCUT2D eigenvalue weighted by atomic mass is 16.4. The molecule has 4 aromatic carbocycles. The SMILES string of the molecule is O=C(O)c1cc(-c2cc(C(=O)O)c(C(=O)O)c3ccccc23)c2ccccc2c1C(=O)O. The Morgan fingerprint density at radius 1 is 0.469 bits per heavy atom. The summed E-state index contributed by atoms with van der Waals surface area (Å²) in [5.41, 5.74) is -1.15. The zero-order chi connectivity index (χ0) is 23.2. The number of carboxylic acids is 4. The summed E-state index contributed by atoms with van der Waals surface area (Å²) in [6.07, 6.45) is 0. The smallest absolute Gasteiger partial charge is 0.337 e. The van der Waals surface area contributed by atoms with Crippen LogP contribution in [0.2, 0.25) is 0 Å². The molecular weight excluding hydrogens is 416 g/mol. The predicted molar refractivity (Wildman–Crippen MR) is 115 cm³/mol. The van der Waals surface area contributed by atoms with Crippen LogP contribution in [0.15, 0.2) is 60.7 Å². The molecule has 4 rings (SSSR count). The second-order valence-corrected chi connectivity index (χ2v) is 7.01. The van der Waals surface area contributed by atoms with Gasteiger partial charge >= 0.3 is 23.9 Å². The van der Waals surface area contributed by atoms with E-state index in [1.165, 1.54) is 24.3 Å². The Bertz CT molecular complexity index is 1370. The lowest BCUT2D eigenvalue weighted by atomic mass is 9.86. The molecule has 0 aromatic heterocycles. The summed E-state index contributed by atoms with van der Waals surface area (Å²) in [6, 6.07) is 14.9. The van der Waals surface area contributed by atoms with Gasteiger partial charge in [0.25, 0.3) is 0 Å². The molecule has 0 saturated heterocycles. The monoisotopic (exact) mass is 430 g/mol. The van der Waals surface area contributed by atoms with Gasteiger partial charge < -0.3 is 20.4 Å². The number of hydrogen-bond donors (Lipinski definition) is 4. The van der Waals surface area contributed by atoms with Crippen molar-refractivity contribution in [2.75, 3.05) is 0 Å². The lowest BCUT2D eigenvalue weighted by Gasteiger charge is -2.16. The lowest BCUT2D eigenvalue weighted by molar-refractivity contribution is 0.0653. The number of rotatable bonds is 5. The summed E-state index contributed by atoms with van der Waals surface area (Å²) in [5.74, 6) is -5.75. The van der Waals surface area contributed by atoms with Crippen molar-refractivity contribution in [3.8, 4) is 11.1 Å². The van der Waals surface area contributed by atoms with Crippen LogP contribution >= 0.6 is 0 Å². The van der Waals surface area contributed by atoms with Crippen LogP contribution in [0.5, 0.6) is 0 Å². The van der Waals surface area contributed by atoms with E-state index in [0.29, 0.717) is 10.8 Å². The first-order valence-electron chi connectivity index (χ1n) is 9.27. The Morgan fingerprint density at radius 2 is 0.781 bits per heavy atom. The third-order valence-electron chi connectivity index (χ3n) is 5.27. The fraction of sp³-hybridized carbons (Fsp3) is 0. The molecule has 0 aliphatic heterocycles. The van der Waals surface area contributed by atoms with Gasteiger partial charge in [-0.1, -0.05) is 48.5 Å². The summed E-state index contributed by atoms with van der Waals surface area (Å²) in [4.78, 5) is 47.5. The van der Waals surface area contributed by atoms with Crippen molar-refractivity contribution in [3.05, 3.63) is 82.9 Å². The number of hydrogen-bond acceptors (Lipinski definition) is 4. The Labute approximate surface area is 179 Å². The van der Waals surface area contributed by atoms with Gasteiger partial charge in [-0.3, -0.25) is 0 Å². The highest BCUT2D eigenvalue weighted by molar-refractivity contribution is 6.20. The van der Waals surface area contributed by atoms with Gasteiger partial charge in [0.1, 0.15) is 0 Å². The topological polar surface area (TPSA) is 149 Å². The van der Waals surface area contributed by atoms with Crippen LogP contribution in [0.1, 0.15) is 41.4 Å². The third-order valence-corrected chi connectivity index (χ3v) is 5.27. The summed E-state index contributed by atoms with van der Waals surface area (Å²) in [5, 5.41) is 39.8. The number of carboxylic acid groups (broad SMARTS) is 4. The first-order valence-corrected chi connectivity index (χ1v) is 9.27. The molecule has 0 amide bonds. The van der Waals surface area contributed by atoms with E-state index in [1.807, 2.05) is 0 Å². The molecule has 0 fully saturated rings. The van der Waals surface area contributed by atoms with Crippen LogP contribution in [0, 0.1) is 0 Å². The molecule has 32 heavy (non-hydrogen) atoms. The average Bonchev–Trinajstić information content (AvgIpc) is 2.76. The van der Waals surface area contributed by atoms with Crippen molar-refractivity contribution in [2.24, 2.45) is 0 Å². The Morgan fingerprint density at radius 3 is 1.06 bits per heavy atom. The fourth-order valence-electron chi connectivity index (χ4n) is 3.99. The molecule has 158 valence electrons. The second-order valence-electron chi connectivity index (χ2n) is 7.01. The first-order chi connectivity index (χ1) is 15.2. The molecule has 0 atom stereocenters. The Balaban J connectivity index is 2.25. The average molecular weight is 430 g/mol. The molecule has 0 aliphatic rings. The van der Waals surface area contributed by atoms with Crippen LogP contribution in [-0.2, 0) is 0 Å². The van der Waals surface area contributed by atoms with E-state index in [-0.39, 0.29) is 33.0 Å². The van der Waals surface area contributed by atoms with E-state index in [4.69, 9.17) is 0 Å². The quantitative estimate of drug-likeness (QED) is 0.363. The van der Waals surface area contributed by atoms with E-state index >= 15 is 0 Å². The van der Waals surface area contributed by atoms with Gasteiger partial charge in [0.2, 0.25) is 0 Å². The van der Waals surface area contributed by atoms with Crippen molar-refractivity contribution in [1.29, 1.82) is 0 Å². The number of carbonyl (C=O) groups is 4. The number of fused-ring (bicyclic) bond motifs is 2. The Kier molecular flexibility index (Phi) is 4.82. The highest BCUT2D eigenvalue weighted by Gasteiger charge is 2.26. The van der Waals surface area contributed by atoms with Crippen LogP contribution in [0.4, 0.5) is 0 Å². The van der Waals surface area contributed by atoms with Gasteiger partial charge in [-0.2, -0.15) is 0 Å². The van der Waals surface area contributed by atoms with Gasteiger partial charge in [0, 0.05) is 0 Å². The molecular formula is C24H14O8. The molecule has 0 bridgehead atoms. The second kappa shape index (κ2) is 7.51. The number of benzene rings is 4. The van der Waals surface area contributed by atoms with Crippen LogP contribution in [0.3, 0.4) is 0 Å². The summed E-state index contributed by atoms with van der Waals surface area (Å²) in [7, 11) is 0. The normalized spacial score (nSPS) is 10.9. The zero-order valence-electron chi connectivity index (χ0n) is 16.2. The molecule has 0 saturated carbocycles. The maximum atomic E-state index is 11.9. The maximum absolute atomic E-state index is 11.9. The molecule has 4 aromatic rings. The zero-order valence-corrected chi connectivity index (χ0v) is 16.2. The summed E-state index contributed by atoms with van der Waals surface area (Å²) in [6.45, 7) is 0. The van der Waals surface area contributed by atoms with Gasteiger partial charge in [0.05, 0.1) is 22.3 Å². The highest BCUT2D eigenvalue weighted by Crippen LogP contribution is 2.39. The van der Waals surface area contributed by atoms with Crippen LogP contribution in [0.25, 0.3) is 32.7 Å². The molecule has 0 spiro atoms. The number of aromatic carboxylic acids is 4. The van der Waals surface area contributed by atoms with E-state index in [2.05, 4.69) is 0 Å². The van der Waals surface area contributed by atoms with Crippen LogP contribution < -0.4 is 0 Å². The third kappa shape index (κ3) is 3.10. The minimum Gasteiger partial charge on any atom is -0.478 e. The van der Waals surface area contributed by atoms with Gasteiger partial charge in [0.15, 0.2) is 0 Å². The lowest BCUT2D eigenvalue weighted by Crippen LogP contribution is -2.11. The largest absolute Gasteiger partial charge is 0.478 e. The predicted octanol–water partition coefficient (Wildman–Crippen LogP) is 4.45. The molecule has 8 heteroatoms. The van der Waals surface area contributed by atoms with E-state index < -0.39 is 35.0 Å². The van der Waals surface area contributed by atoms with E-state index in [9.17, 15) is 39.6 Å². The van der Waals surface area contributed by atoms with E-state index in [1.54, 1.807) is 36.4 Å². The van der Waals surface area contributed by atoms with Gasteiger partial charge in [-0.15, -0.1) is 0 Å². The minimum absolute atomic E-state index is 0.165. The van der Waals surface area contributed by atoms with Gasteiger partial charge in [-0.05, 0) is 44.8 Å². The molecule has 8 nitrogen and oxygen atoms in total.